The molecule has 1 N–H and O–H groups in total. The van der Waals surface area contributed by atoms with E-state index < -0.39 is 0 Å². The van der Waals surface area contributed by atoms with Crippen LogP contribution in [-0.2, 0) is 6.54 Å². The van der Waals surface area contributed by atoms with E-state index in [0.29, 0.717) is 22.2 Å². The predicted octanol–water partition coefficient (Wildman–Crippen LogP) is 4.52. The number of carbonyl (C=O) groups excluding carboxylic acids is 1. The summed E-state index contributed by atoms with van der Waals surface area (Å²) in [6, 6.07) is 13.1. The van der Waals surface area contributed by atoms with Crippen molar-refractivity contribution in [2.45, 2.75) is 19.4 Å². The molecule has 2 aromatic rings. The molecule has 1 aliphatic rings. The number of halogens is 2. The predicted molar refractivity (Wildman–Crippen MR) is 95.5 cm³/mol. The molecule has 120 valence electrons. The van der Waals surface area contributed by atoms with Crippen LogP contribution < -0.4 is 10.2 Å². The third-order valence-electron chi connectivity index (χ3n) is 4.05. The van der Waals surface area contributed by atoms with Crippen LogP contribution in [0.15, 0.2) is 42.5 Å². The third-order valence-corrected chi connectivity index (χ3v) is 4.62. The van der Waals surface area contributed by atoms with Crippen molar-refractivity contribution in [2.75, 3.05) is 18.0 Å². The van der Waals surface area contributed by atoms with Crippen LogP contribution in [0.25, 0.3) is 0 Å². The highest BCUT2D eigenvalue weighted by Gasteiger charge is 2.16. The molecule has 0 aromatic heterocycles. The van der Waals surface area contributed by atoms with Crippen LogP contribution in [0.5, 0.6) is 0 Å². The molecule has 23 heavy (non-hydrogen) atoms. The molecule has 0 radical (unpaired) electrons. The lowest BCUT2D eigenvalue weighted by atomic mass is 10.1. The molecule has 3 nitrogen and oxygen atoms in total. The van der Waals surface area contributed by atoms with E-state index in [-0.39, 0.29) is 5.91 Å². The Morgan fingerprint density at radius 3 is 2.61 bits per heavy atom. The van der Waals surface area contributed by atoms with Gasteiger partial charge >= 0.3 is 0 Å². The Morgan fingerprint density at radius 1 is 1.09 bits per heavy atom. The zero-order valence-corrected chi connectivity index (χ0v) is 14.2. The Labute approximate surface area is 146 Å². The third kappa shape index (κ3) is 3.80. The summed E-state index contributed by atoms with van der Waals surface area (Å²) in [6.07, 6.45) is 2.44. The lowest BCUT2D eigenvalue weighted by molar-refractivity contribution is 0.0951. The summed E-state index contributed by atoms with van der Waals surface area (Å²) in [4.78, 5) is 14.7. The summed E-state index contributed by atoms with van der Waals surface area (Å²) in [6.45, 7) is 2.62. The number of nitrogens with one attached hydrogen (secondary N) is 1. The van der Waals surface area contributed by atoms with Gasteiger partial charge in [0, 0.05) is 30.3 Å². The maximum Gasteiger partial charge on any atom is 0.253 e. The smallest absolute Gasteiger partial charge is 0.253 e. The van der Waals surface area contributed by atoms with Crippen LogP contribution in [0.4, 0.5) is 5.69 Å². The van der Waals surface area contributed by atoms with Gasteiger partial charge in [-0.15, -0.1) is 0 Å². The van der Waals surface area contributed by atoms with Gasteiger partial charge in [-0.25, -0.2) is 0 Å². The van der Waals surface area contributed by atoms with Gasteiger partial charge in [-0.2, -0.15) is 0 Å². The average molecular weight is 349 g/mol. The number of hydrogen-bond acceptors (Lipinski definition) is 2. The van der Waals surface area contributed by atoms with Crippen molar-refractivity contribution in [3.63, 3.8) is 0 Å². The highest BCUT2D eigenvalue weighted by atomic mass is 35.5. The molecule has 0 unspecified atom stereocenters. The number of anilines is 1. The summed E-state index contributed by atoms with van der Waals surface area (Å²) in [5.41, 5.74) is 2.71. The maximum atomic E-state index is 12.4. The van der Waals surface area contributed by atoms with Gasteiger partial charge in [0.05, 0.1) is 10.6 Å². The zero-order chi connectivity index (χ0) is 16.2. The normalized spacial score (nSPS) is 14.1. The van der Waals surface area contributed by atoms with Crippen LogP contribution in [0.1, 0.15) is 28.8 Å². The fourth-order valence-corrected chi connectivity index (χ4v) is 3.24. The fourth-order valence-electron chi connectivity index (χ4n) is 2.87. The van der Waals surface area contributed by atoms with E-state index in [1.54, 1.807) is 18.2 Å². The van der Waals surface area contributed by atoms with Gasteiger partial charge in [0.25, 0.3) is 5.91 Å². The maximum absolute atomic E-state index is 12.4. The van der Waals surface area contributed by atoms with Crippen molar-refractivity contribution in [1.82, 2.24) is 5.32 Å². The second-order valence-electron chi connectivity index (χ2n) is 5.63. The second kappa shape index (κ2) is 7.24. The van der Waals surface area contributed by atoms with Gasteiger partial charge in [0.2, 0.25) is 0 Å². The molecule has 0 spiro atoms. The summed E-state index contributed by atoms with van der Waals surface area (Å²) in [7, 11) is 0. The van der Waals surface area contributed by atoms with E-state index in [2.05, 4.69) is 16.3 Å². The number of hydrogen-bond donors (Lipinski definition) is 1. The first-order valence-corrected chi connectivity index (χ1v) is 8.47. The molecule has 0 aliphatic carbocycles. The molecular weight excluding hydrogens is 331 g/mol. The van der Waals surface area contributed by atoms with Crippen molar-refractivity contribution < 1.29 is 4.79 Å². The molecule has 1 aliphatic heterocycles. The average Bonchev–Trinajstić information content (AvgIpc) is 3.09. The molecule has 3 rings (SSSR count). The summed E-state index contributed by atoms with van der Waals surface area (Å²) in [5.74, 6) is -0.214. The van der Waals surface area contributed by atoms with Gasteiger partial charge in [-0.05, 0) is 42.7 Å². The lowest BCUT2D eigenvalue weighted by Gasteiger charge is -2.21. The fraction of sp³-hybridized carbons (Fsp3) is 0.278. The molecule has 0 saturated carbocycles. The number of carbonyl (C=O) groups is 1. The number of amides is 1. The van der Waals surface area contributed by atoms with Crippen LogP contribution in [0, 0.1) is 0 Å². The van der Waals surface area contributed by atoms with Crippen LogP contribution in [0.3, 0.4) is 0 Å². The highest BCUT2D eigenvalue weighted by Crippen LogP contribution is 2.25. The van der Waals surface area contributed by atoms with Gasteiger partial charge in [0.1, 0.15) is 0 Å². The molecule has 1 heterocycles. The first-order chi connectivity index (χ1) is 11.1. The van der Waals surface area contributed by atoms with E-state index in [4.69, 9.17) is 23.2 Å². The van der Waals surface area contributed by atoms with Gasteiger partial charge in [-0.1, -0.05) is 41.4 Å². The van der Waals surface area contributed by atoms with Gasteiger partial charge < -0.3 is 10.2 Å². The Bertz CT molecular complexity index is 712. The number of nitrogens with zero attached hydrogens (tertiary/aromatic N) is 1. The first kappa shape index (κ1) is 16.2. The van der Waals surface area contributed by atoms with E-state index in [1.165, 1.54) is 18.5 Å². The quantitative estimate of drug-likeness (QED) is 0.880. The number of rotatable bonds is 4. The van der Waals surface area contributed by atoms with Gasteiger partial charge in [0.15, 0.2) is 0 Å². The molecule has 2 aromatic carbocycles. The Morgan fingerprint density at radius 2 is 1.83 bits per heavy atom. The molecule has 1 saturated heterocycles. The van der Waals surface area contributed by atoms with E-state index >= 15 is 0 Å². The van der Waals surface area contributed by atoms with Crippen molar-refractivity contribution in [1.29, 1.82) is 0 Å². The van der Waals surface area contributed by atoms with Crippen LogP contribution in [-0.4, -0.2) is 19.0 Å². The van der Waals surface area contributed by atoms with Crippen molar-refractivity contribution in [2.24, 2.45) is 0 Å². The van der Waals surface area contributed by atoms with Gasteiger partial charge in [-0.3, -0.25) is 4.79 Å². The summed E-state index contributed by atoms with van der Waals surface area (Å²) >= 11 is 12.0. The van der Waals surface area contributed by atoms with E-state index in [1.807, 2.05) is 18.2 Å². The minimum absolute atomic E-state index is 0.214. The standard InChI is InChI=1S/C18H18Cl2N2O/c19-14-7-8-16(20)15(11-14)18(23)21-12-13-5-1-2-6-17(13)22-9-3-4-10-22/h1-2,5-8,11H,3-4,9-10,12H2,(H,21,23). The molecule has 1 fully saturated rings. The summed E-state index contributed by atoms with van der Waals surface area (Å²) in [5, 5.41) is 3.84. The highest BCUT2D eigenvalue weighted by molar-refractivity contribution is 6.35. The number of para-hydroxylation sites is 1. The molecule has 1 amide bonds. The monoisotopic (exact) mass is 348 g/mol. The first-order valence-electron chi connectivity index (χ1n) is 7.71. The number of benzene rings is 2. The Kier molecular flexibility index (Phi) is 5.09. The molecule has 0 atom stereocenters. The lowest BCUT2D eigenvalue weighted by Crippen LogP contribution is -2.25. The van der Waals surface area contributed by atoms with E-state index in [0.717, 1.165) is 18.7 Å². The van der Waals surface area contributed by atoms with E-state index in [9.17, 15) is 4.79 Å². The second-order valence-corrected chi connectivity index (χ2v) is 6.47. The molecule has 5 heteroatoms. The van der Waals surface area contributed by atoms with Crippen molar-refractivity contribution >= 4 is 34.8 Å². The van der Waals surface area contributed by atoms with Crippen molar-refractivity contribution in [3.05, 3.63) is 63.6 Å². The topological polar surface area (TPSA) is 32.3 Å². The Balaban J connectivity index is 1.73. The molecule has 0 bridgehead atoms. The molecular formula is C18H18Cl2N2O. The minimum atomic E-state index is -0.214. The van der Waals surface area contributed by atoms with Crippen molar-refractivity contribution in [3.8, 4) is 0 Å². The minimum Gasteiger partial charge on any atom is -0.371 e. The largest absolute Gasteiger partial charge is 0.371 e. The zero-order valence-electron chi connectivity index (χ0n) is 12.7. The Hall–Kier alpha value is -1.71. The van der Waals surface area contributed by atoms with Crippen LogP contribution in [0.2, 0.25) is 10.0 Å². The SMILES string of the molecule is O=C(NCc1ccccc1N1CCCC1)c1cc(Cl)ccc1Cl. The van der Waals surface area contributed by atoms with Crippen LogP contribution >= 0.6 is 23.2 Å². The summed E-state index contributed by atoms with van der Waals surface area (Å²) < 4.78 is 0.